The van der Waals surface area contributed by atoms with E-state index in [1.807, 2.05) is 12.4 Å². The second-order valence-electron chi connectivity index (χ2n) is 6.77. The number of nitrogens with two attached hydrogens (primary N) is 1. The third kappa shape index (κ3) is 5.03. The van der Waals surface area contributed by atoms with Gasteiger partial charge in [0.05, 0.1) is 0 Å². The molecule has 2 aliphatic carbocycles. The first-order chi connectivity index (χ1) is 11.3. The van der Waals surface area contributed by atoms with E-state index in [-0.39, 0.29) is 24.8 Å². The fourth-order valence-corrected chi connectivity index (χ4v) is 3.10. The average Bonchev–Trinajstić information content (AvgIpc) is 3.38. The Balaban J connectivity index is 0.00000113. The van der Waals surface area contributed by atoms with Crippen LogP contribution in [0.5, 0.6) is 0 Å². The van der Waals surface area contributed by atoms with Gasteiger partial charge in [0.1, 0.15) is 11.6 Å². The Hall–Kier alpha value is -1.43. The minimum Gasteiger partial charge on any atom is -0.370 e. The summed E-state index contributed by atoms with van der Waals surface area (Å²) < 4.78 is 0. The quantitative estimate of drug-likeness (QED) is 0.800. The lowest BCUT2D eigenvalue weighted by molar-refractivity contribution is 0.344. The Morgan fingerprint density at radius 3 is 2.40 bits per heavy atom. The van der Waals surface area contributed by atoms with Gasteiger partial charge < -0.3 is 11.1 Å². The van der Waals surface area contributed by atoms with Crippen molar-refractivity contribution in [1.29, 1.82) is 0 Å². The van der Waals surface area contributed by atoms with Crippen molar-refractivity contribution in [3.8, 4) is 0 Å². The van der Waals surface area contributed by atoms with Crippen LogP contribution in [-0.4, -0.2) is 27.5 Å². The van der Waals surface area contributed by atoms with E-state index in [1.165, 1.54) is 24.1 Å². The molecule has 0 aromatic carbocycles. The smallest absolute Gasteiger partial charge is 0.134 e. The largest absolute Gasteiger partial charge is 0.370 e. The van der Waals surface area contributed by atoms with Gasteiger partial charge in [-0.1, -0.05) is 0 Å². The van der Waals surface area contributed by atoms with Gasteiger partial charge in [-0.2, -0.15) is 0 Å². The fourth-order valence-electron chi connectivity index (χ4n) is 3.10. The summed E-state index contributed by atoms with van der Waals surface area (Å²) in [6.07, 6.45) is 9.20. The molecule has 7 heteroatoms. The van der Waals surface area contributed by atoms with Gasteiger partial charge in [-0.15, -0.1) is 24.8 Å². The zero-order chi connectivity index (χ0) is 15.6. The summed E-state index contributed by atoms with van der Waals surface area (Å²) in [7, 11) is 0. The van der Waals surface area contributed by atoms with E-state index in [9.17, 15) is 0 Å². The molecular weight excluding hydrogens is 357 g/mol. The Kier molecular flexibility index (Phi) is 6.99. The molecule has 2 fully saturated rings. The number of anilines is 1. The van der Waals surface area contributed by atoms with Crippen molar-refractivity contribution < 1.29 is 0 Å². The summed E-state index contributed by atoms with van der Waals surface area (Å²) in [5.74, 6) is 3.08. The minimum atomic E-state index is 0. The van der Waals surface area contributed by atoms with Crippen LogP contribution in [0, 0.1) is 0 Å². The highest BCUT2D eigenvalue weighted by Gasteiger charge is 2.32. The molecule has 0 amide bonds. The molecule has 0 bridgehead atoms. The maximum absolute atomic E-state index is 5.93. The molecule has 4 rings (SSSR count). The number of hydrogen-bond acceptors (Lipinski definition) is 5. The SMILES string of the molecule is Cl.Cl.NC1CC(c2cc(NCCc3ccncc3)nc(C3CC3)n2)C1. The summed E-state index contributed by atoms with van der Waals surface area (Å²) in [5.41, 5.74) is 8.40. The fraction of sp³-hybridized carbons (Fsp3) is 0.500. The van der Waals surface area contributed by atoms with Gasteiger partial charge in [0.2, 0.25) is 0 Å². The maximum atomic E-state index is 5.93. The second kappa shape index (κ2) is 8.79. The number of halogens is 2. The second-order valence-corrected chi connectivity index (χ2v) is 6.77. The van der Waals surface area contributed by atoms with Gasteiger partial charge >= 0.3 is 0 Å². The molecule has 0 radical (unpaired) electrons. The molecule has 2 aliphatic rings. The molecule has 0 saturated heterocycles. The normalized spacial score (nSPS) is 21.5. The van der Waals surface area contributed by atoms with Gasteiger partial charge in [-0.05, 0) is 49.8 Å². The predicted octanol–water partition coefficient (Wildman–Crippen LogP) is 3.45. The minimum absolute atomic E-state index is 0. The van der Waals surface area contributed by atoms with Gasteiger partial charge in [0.25, 0.3) is 0 Å². The number of nitrogens with one attached hydrogen (secondary N) is 1. The molecule has 0 unspecified atom stereocenters. The highest BCUT2D eigenvalue weighted by molar-refractivity contribution is 5.85. The highest BCUT2D eigenvalue weighted by atomic mass is 35.5. The highest BCUT2D eigenvalue weighted by Crippen LogP contribution is 2.41. The van der Waals surface area contributed by atoms with E-state index < -0.39 is 0 Å². The number of pyridine rings is 1. The van der Waals surface area contributed by atoms with Gasteiger partial charge in [-0.3, -0.25) is 4.98 Å². The van der Waals surface area contributed by atoms with Crippen molar-refractivity contribution in [3.05, 3.63) is 47.7 Å². The maximum Gasteiger partial charge on any atom is 0.134 e. The van der Waals surface area contributed by atoms with Crippen molar-refractivity contribution in [1.82, 2.24) is 15.0 Å². The van der Waals surface area contributed by atoms with E-state index >= 15 is 0 Å². The number of nitrogens with zero attached hydrogens (tertiary/aromatic N) is 3. The van der Waals surface area contributed by atoms with E-state index in [0.717, 1.165) is 37.4 Å². The van der Waals surface area contributed by atoms with Crippen LogP contribution < -0.4 is 11.1 Å². The Bertz CT molecular complexity index is 672. The Morgan fingerprint density at radius 1 is 1.04 bits per heavy atom. The van der Waals surface area contributed by atoms with E-state index in [4.69, 9.17) is 15.7 Å². The molecule has 25 heavy (non-hydrogen) atoms. The van der Waals surface area contributed by atoms with Crippen LogP contribution in [0.1, 0.15) is 54.6 Å². The molecule has 2 saturated carbocycles. The molecule has 5 nitrogen and oxygen atoms in total. The van der Waals surface area contributed by atoms with Gasteiger partial charge in [0, 0.05) is 48.6 Å². The summed E-state index contributed by atoms with van der Waals surface area (Å²) >= 11 is 0. The number of aromatic nitrogens is 3. The van der Waals surface area contributed by atoms with Crippen molar-refractivity contribution in [3.63, 3.8) is 0 Å². The standard InChI is InChI=1S/C18H23N5.2ClH/c19-15-9-14(10-15)16-11-17(23-18(22-16)13-1-2-13)21-8-5-12-3-6-20-7-4-12;;/h3-4,6-7,11,13-15H,1-2,5,8-10,19H2,(H,21,22,23);2*1H. The zero-order valence-electron chi connectivity index (χ0n) is 14.1. The lowest BCUT2D eigenvalue weighted by Crippen LogP contribution is -2.35. The predicted molar refractivity (Wildman–Crippen MR) is 105 cm³/mol. The molecule has 2 aromatic heterocycles. The molecule has 0 atom stereocenters. The molecule has 0 spiro atoms. The lowest BCUT2D eigenvalue weighted by atomic mass is 9.78. The lowest BCUT2D eigenvalue weighted by Gasteiger charge is -2.32. The summed E-state index contributed by atoms with van der Waals surface area (Å²) in [5, 5.41) is 3.47. The first-order valence-electron chi connectivity index (χ1n) is 8.55. The summed E-state index contributed by atoms with van der Waals surface area (Å²) in [6.45, 7) is 0.870. The molecule has 3 N–H and O–H groups in total. The molecule has 136 valence electrons. The number of hydrogen-bond donors (Lipinski definition) is 2. The first kappa shape index (κ1) is 19.9. The molecular formula is C18H25Cl2N5. The van der Waals surface area contributed by atoms with Crippen molar-refractivity contribution in [2.45, 2.75) is 50.0 Å². The first-order valence-corrected chi connectivity index (χ1v) is 8.55. The Labute approximate surface area is 161 Å². The monoisotopic (exact) mass is 381 g/mol. The van der Waals surface area contributed by atoms with E-state index in [1.54, 1.807) is 0 Å². The number of rotatable bonds is 6. The average molecular weight is 382 g/mol. The van der Waals surface area contributed by atoms with Crippen molar-refractivity contribution >= 4 is 30.6 Å². The molecule has 2 heterocycles. The third-order valence-corrected chi connectivity index (χ3v) is 4.77. The van der Waals surface area contributed by atoms with Crippen molar-refractivity contribution in [2.24, 2.45) is 5.73 Å². The van der Waals surface area contributed by atoms with Crippen LogP contribution in [0.15, 0.2) is 30.6 Å². The van der Waals surface area contributed by atoms with E-state index in [2.05, 4.69) is 28.5 Å². The van der Waals surface area contributed by atoms with E-state index in [0.29, 0.717) is 17.9 Å². The van der Waals surface area contributed by atoms with Gasteiger partial charge in [-0.25, -0.2) is 9.97 Å². The molecule has 0 aliphatic heterocycles. The zero-order valence-corrected chi connectivity index (χ0v) is 15.7. The topological polar surface area (TPSA) is 76.7 Å². The van der Waals surface area contributed by atoms with Crippen LogP contribution >= 0.6 is 24.8 Å². The molecule has 2 aromatic rings. The Morgan fingerprint density at radius 2 is 1.76 bits per heavy atom. The van der Waals surface area contributed by atoms with Crippen LogP contribution in [0.2, 0.25) is 0 Å². The van der Waals surface area contributed by atoms with Gasteiger partial charge in [0.15, 0.2) is 0 Å². The van der Waals surface area contributed by atoms with Crippen LogP contribution in [0.4, 0.5) is 5.82 Å². The van der Waals surface area contributed by atoms with Crippen LogP contribution in [0.25, 0.3) is 0 Å². The van der Waals surface area contributed by atoms with Crippen LogP contribution in [0.3, 0.4) is 0 Å². The third-order valence-electron chi connectivity index (χ3n) is 4.77. The summed E-state index contributed by atoms with van der Waals surface area (Å²) in [6, 6.07) is 6.58. The van der Waals surface area contributed by atoms with Crippen LogP contribution in [-0.2, 0) is 6.42 Å². The summed E-state index contributed by atoms with van der Waals surface area (Å²) in [4.78, 5) is 13.6. The van der Waals surface area contributed by atoms with Crippen molar-refractivity contribution in [2.75, 3.05) is 11.9 Å².